The van der Waals surface area contributed by atoms with Gasteiger partial charge in [0, 0.05) is 30.9 Å². The predicted molar refractivity (Wildman–Crippen MR) is 79.0 cm³/mol. The number of amides is 1. The molecule has 0 unspecified atom stereocenters. The van der Waals surface area contributed by atoms with Crippen LogP contribution in [0.3, 0.4) is 0 Å². The second-order valence-electron chi connectivity index (χ2n) is 4.85. The number of aryl methyl sites for hydroxylation is 2. The lowest BCUT2D eigenvalue weighted by Gasteiger charge is -2.27. The van der Waals surface area contributed by atoms with Gasteiger partial charge >= 0.3 is 0 Å². The number of thioether (sulfide) groups is 1. The summed E-state index contributed by atoms with van der Waals surface area (Å²) >= 11 is 1.54. The van der Waals surface area contributed by atoms with E-state index in [4.69, 9.17) is 4.74 Å². The van der Waals surface area contributed by atoms with E-state index in [0.29, 0.717) is 39.1 Å². The third kappa shape index (κ3) is 3.70. The molecule has 0 saturated carbocycles. The topological polar surface area (TPSA) is 55.3 Å². The van der Waals surface area contributed by atoms with Crippen LogP contribution in [0.25, 0.3) is 0 Å². The number of rotatable bonds is 4. The van der Waals surface area contributed by atoms with Gasteiger partial charge in [-0.2, -0.15) is 0 Å². The third-order valence-electron chi connectivity index (χ3n) is 3.54. The van der Waals surface area contributed by atoms with Gasteiger partial charge in [0.1, 0.15) is 0 Å². The Labute approximate surface area is 124 Å². The van der Waals surface area contributed by atoms with Gasteiger partial charge in [0.05, 0.1) is 13.2 Å². The highest BCUT2D eigenvalue weighted by atomic mass is 32.2. The SMILES string of the molecule is CSc1nc(C)c(CCC(=O)N2CCOCC2)c(C)n1. The monoisotopic (exact) mass is 295 g/mol. The van der Waals surface area contributed by atoms with Gasteiger partial charge < -0.3 is 9.64 Å². The van der Waals surface area contributed by atoms with Crippen LogP contribution in [0.1, 0.15) is 23.4 Å². The van der Waals surface area contributed by atoms with Crippen LogP contribution in [0.4, 0.5) is 0 Å². The van der Waals surface area contributed by atoms with E-state index in [9.17, 15) is 4.79 Å². The minimum atomic E-state index is 0.195. The quantitative estimate of drug-likeness (QED) is 0.624. The Kier molecular flexibility index (Phi) is 5.37. The number of carbonyl (C=O) groups excluding carboxylic acids is 1. The Hall–Kier alpha value is -1.14. The van der Waals surface area contributed by atoms with Crippen LogP contribution in [0, 0.1) is 13.8 Å². The van der Waals surface area contributed by atoms with Gasteiger partial charge in [0.2, 0.25) is 5.91 Å². The minimum Gasteiger partial charge on any atom is -0.378 e. The molecule has 2 rings (SSSR count). The van der Waals surface area contributed by atoms with Gasteiger partial charge in [0.25, 0.3) is 0 Å². The smallest absolute Gasteiger partial charge is 0.223 e. The van der Waals surface area contributed by atoms with E-state index in [-0.39, 0.29) is 5.91 Å². The fourth-order valence-corrected chi connectivity index (χ4v) is 2.82. The normalized spacial score (nSPS) is 15.4. The van der Waals surface area contributed by atoms with E-state index in [1.165, 1.54) is 0 Å². The zero-order valence-corrected chi connectivity index (χ0v) is 13.1. The Morgan fingerprint density at radius 3 is 2.40 bits per heavy atom. The van der Waals surface area contributed by atoms with E-state index in [2.05, 4.69) is 9.97 Å². The van der Waals surface area contributed by atoms with Crippen molar-refractivity contribution in [2.24, 2.45) is 0 Å². The van der Waals surface area contributed by atoms with Crippen LogP contribution < -0.4 is 0 Å². The molecule has 5 nitrogen and oxygen atoms in total. The summed E-state index contributed by atoms with van der Waals surface area (Å²) in [4.78, 5) is 22.9. The highest BCUT2D eigenvalue weighted by Gasteiger charge is 2.17. The van der Waals surface area contributed by atoms with Crippen molar-refractivity contribution in [3.63, 3.8) is 0 Å². The first-order chi connectivity index (χ1) is 9.61. The highest BCUT2D eigenvalue weighted by Crippen LogP contribution is 2.17. The van der Waals surface area contributed by atoms with E-state index in [1.807, 2.05) is 25.0 Å². The van der Waals surface area contributed by atoms with E-state index in [1.54, 1.807) is 11.8 Å². The van der Waals surface area contributed by atoms with Crippen LogP contribution in [0.2, 0.25) is 0 Å². The van der Waals surface area contributed by atoms with E-state index >= 15 is 0 Å². The number of hydrogen-bond donors (Lipinski definition) is 0. The molecule has 2 heterocycles. The number of carbonyl (C=O) groups is 1. The maximum atomic E-state index is 12.1. The fourth-order valence-electron chi connectivity index (χ4n) is 2.36. The van der Waals surface area contributed by atoms with Gasteiger partial charge in [-0.1, -0.05) is 11.8 Å². The van der Waals surface area contributed by atoms with Crippen LogP contribution in [0.5, 0.6) is 0 Å². The second-order valence-corrected chi connectivity index (χ2v) is 5.63. The molecule has 0 N–H and O–H groups in total. The summed E-state index contributed by atoms with van der Waals surface area (Å²) in [5.41, 5.74) is 3.07. The summed E-state index contributed by atoms with van der Waals surface area (Å²) in [5, 5.41) is 0.795. The maximum absolute atomic E-state index is 12.1. The molecule has 20 heavy (non-hydrogen) atoms. The largest absolute Gasteiger partial charge is 0.378 e. The Balaban J connectivity index is 1.98. The number of hydrogen-bond acceptors (Lipinski definition) is 5. The van der Waals surface area contributed by atoms with Crippen LogP contribution in [-0.2, 0) is 16.0 Å². The summed E-state index contributed by atoms with van der Waals surface area (Å²) in [7, 11) is 0. The second kappa shape index (κ2) is 7.04. The minimum absolute atomic E-state index is 0.195. The molecule has 0 aliphatic carbocycles. The highest BCUT2D eigenvalue weighted by molar-refractivity contribution is 7.98. The number of aromatic nitrogens is 2. The molecule has 1 aromatic heterocycles. The van der Waals surface area contributed by atoms with Crippen molar-refractivity contribution in [3.05, 3.63) is 17.0 Å². The summed E-state index contributed by atoms with van der Waals surface area (Å²) in [6, 6.07) is 0. The Morgan fingerprint density at radius 2 is 1.85 bits per heavy atom. The number of nitrogens with zero attached hydrogens (tertiary/aromatic N) is 3. The molecule has 1 aliphatic heterocycles. The summed E-state index contributed by atoms with van der Waals surface area (Å²) < 4.78 is 5.26. The molecular formula is C14H21N3O2S. The lowest BCUT2D eigenvalue weighted by atomic mass is 10.1. The molecule has 0 aromatic carbocycles. The van der Waals surface area contributed by atoms with E-state index in [0.717, 1.165) is 22.1 Å². The van der Waals surface area contributed by atoms with Crippen molar-refractivity contribution >= 4 is 17.7 Å². The molecule has 1 amide bonds. The van der Waals surface area contributed by atoms with Gasteiger partial charge in [-0.05, 0) is 32.1 Å². The zero-order valence-electron chi connectivity index (χ0n) is 12.3. The van der Waals surface area contributed by atoms with Crippen molar-refractivity contribution in [2.45, 2.75) is 31.8 Å². The molecule has 0 bridgehead atoms. The number of morpholine rings is 1. The lowest BCUT2D eigenvalue weighted by molar-refractivity contribution is -0.135. The predicted octanol–water partition coefficient (Wildman–Crippen LogP) is 1.61. The summed E-state index contributed by atoms with van der Waals surface area (Å²) in [6.45, 7) is 6.69. The van der Waals surface area contributed by atoms with Crippen molar-refractivity contribution in [2.75, 3.05) is 32.6 Å². The first kappa shape index (κ1) is 15.3. The summed E-state index contributed by atoms with van der Waals surface area (Å²) in [6.07, 6.45) is 3.20. The third-order valence-corrected chi connectivity index (χ3v) is 4.08. The lowest BCUT2D eigenvalue weighted by Crippen LogP contribution is -2.40. The molecular weight excluding hydrogens is 274 g/mol. The molecule has 1 saturated heterocycles. The average Bonchev–Trinajstić information content (AvgIpc) is 2.46. The standard InChI is InChI=1S/C14H21N3O2S/c1-10-12(11(2)16-14(15-10)20-3)4-5-13(18)17-6-8-19-9-7-17/h4-9H2,1-3H3. The van der Waals surface area contributed by atoms with Crippen LogP contribution in [0.15, 0.2) is 5.16 Å². The maximum Gasteiger partial charge on any atom is 0.223 e. The first-order valence-electron chi connectivity index (χ1n) is 6.85. The molecule has 0 atom stereocenters. The number of ether oxygens (including phenoxy) is 1. The average molecular weight is 295 g/mol. The molecule has 0 spiro atoms. The molecule has 1 fully saturated rings. The van der Waals surface area contributed by atoms with Crippen LogP contribution >= 0.6 is 11.8 Å². The molecule has 1 aromatic rings. The summed E-state index contributed by atoms with van der Waals surface area (Å²) in [5.74, 6) is 0.195. The zero-order chi connectivity index (χ0) is 14.5. The van der Waals surface area contributed by atoms with Gasteiger partial charge in [-0.3, -0.25) is 4.79 Å². The van der Waals surface area contributed by atoms with Gasteiger partial charge in [-0.25, -0.2) is 9.97 Å². The van der Waals surface area contributed by atoms with E-state index < -0.39 is 0 Å². The fraction of sp³-hybridized carbons (Fsp3) is 0.643. The molecule has 6 heteroatoms. The van der Waals surface area contributed by atoms with Crippen LogP contribution in [-0.4, -0.2) is 53.3 Å². The molecule has 110 valence electrons. The van der Waals surface area contributed by atoms with Crippen molar-refractivity contribution in [1.29, 1.82) is 0 Å². The van der Waals surface area contributed by atoms with Gasteiger partial charge in [0.15, 0.2) is 5.16 Å². The Bertz CT molecular complexity index is 464. The van der Waals surface area contributed by atoms with Crippen molar-refractivity contribution in [3.8, 4) is 0 Å². The molecule has 0 radical (unpaired) electrons. The Morgan fingerprint density at radius 1 is 1.25 bits per heavy atom. The first-order valence-corrected chi connectivity index (χ1v) is 8.08. The van der Waals surface area contributed by atoms with Crippen molar-refractivity contribution in [1.82, 2.24) is 14.9 Å². The van der Waals surface area contributed by atoms with Gasteiger partial charge in [-0.15, -0.1) is 0 Å². The van der Waals surface area contributed by atoms with Crippen molar-refractivity contribution < 1.29 is 9.53 Å². The molecule has 1 aliphatic rings.